The summed E-state index contributed by atoms with van der Waals surface area (Å²) in [5.41, 5.74) is 1.34. The molecule has 0 aliphatic carbocycles. The molecule has 0 saturated carbocycles. The maximum Gasteiger partial charge on any atom is 0.0688 e. The Morgan fingerprint density at radius 1 is 1.25 bits per heavy atom. The van der Waals surface area contributed by atoms with Gasteiger partial charge < -0.3 is 4.74 Å². The van der Waals surface area contributed by atoms with Gasteiger partial charge in [-0.1, -0.05) is 42.5 Å². The third-order valence-corrected chi connectivity index (χ3v) is 3.21. The second kappa shape index (κ2) is 5.31. The molecule has 1 aliphatic rings. The first kappa shape index (κ1) is 11.4. The van der Waals surface area contributed by atoms with Crippen LogP contribution < -0.4 is 0 Å². The van der Waals surface area contributed by atoms with Crippen molar-refractivity contribution in [3.63, 3.8) is 0 Å². The molecule has 86 valence electrons. The van der Waals surface area contributed by atoms with Crippen molar-refractivity contribution in [3.05, 3.63) is 42.0 Å². The Hall–Kier alpha value is -1.08. The fourth-order valence-corrected chi connectivity index (χ4v) is 2.16. The molecule has 0 bridgehead atoms. The molecule has 1 nitrogen and oxygen atoms in total. The summed E-state index contributed by atoms with van der Waals surface area (Å²) in [7, 11) is 0. The Labute approximate surface area is 98.1 Å². The summed E-state index contributed by atoms with van der Waals surface area (Å²) in [5, 5.41) is 0. The number of hydrogen-bond acceptors (Lipinski definition) is 1. The van der Waals surface area contributed by atoms with Crippen LogP contribution in [0.5, 0.6) is 0 Å². The van der Waals surface area contributed by atoms with Gasteiger partial charge in [0.15, 0.2) is 0 Å². The minimum Gasteiger partial charge on any atom is -0.375 e. The van der Waals surface area contributed by atoms with E-state index in [0.29, 0.717) is 0 Å². The van der Waals surface area contributed by atoms with E-state index in [0.717, 1.165) is 13.0 Å². The zero-order chi connectivity index (χ0) is 11.3. The van der Waals surface area contributed by atoms with Gasteiger partial charge in [0.25, 0.3) is 0 Å². The normalized spacial score (nSPS) is 26.1. The average Bonchev–Trinajstić information content (AvgIpc) is 2.31. The Morgan fingerprint density at radius 2 is 2.06 bits per heavy atom. The lowest BCUT2D eigenvalue weighted by Gasteiger charge is -2.32. The molecule has 0 aromatic heterocycles. The molecule has 1 aliphatic heterocycles. The minimum atomic E-state index is 0.0729. The molecule has 1 aromatic carbocycles. The van der Waals surface area contributed by atoms with Crippen LogP contribution in [0, 0.1) is 0 Å². The SMILES string of the molecule is CC1(C/C=C/c2ccccc2)CCCCO1. The molecule has 0 amide bonds. The van der Waals surface area contributed by atoms with Crippen LogP contribution in [-0.2, 0) is 4.74 Å². The predicted molar refractivity (Wildman–Crippen MR) is 68.3 cm³/mol. The van der Waals surface area contributed by atoms with E-state index < -0.39 is 0 Å². The van der Waals surface area contributed by atoms with Crippen molar-refractivity contribution in [2.75, 3.05) is 6.61 Å². The van der Waals surface area contributed by atoms with E-state index in [1.54, 1.807) is 0 Å². The fraction of sp³-hybridized carbons (Fsp3) is 0.467. The molecule has 0 radical (unpaired) electrons. The largest absolute Gasteiger partial charge is 0.375 e. The molecular weight excluding hydrogens is 196 g/mol. The van der Waals surface area contributed by atoms with Crippen LogP contribution in [0.15, 0.2) is 36.4 Å². The fourth-order valence-electron chi connectivity index (χ4n) is 2.16. The summed E-state index contributed by atoms with van der Waals surface area (Å²) in [5.74, 6) is 0. The van der Waals surface area contributed by atoms with E-state index in [1.807, 2.05) is 6.07 Å². The third kappa shape index (κ3) is 3.21. The summed E-state index contributed by atoms with van der Waals surface area (Å²) in [4.78, 5) is 0. The van der Waals surface area contributed by atoms with Gasteiger partial charge >= 0.3 is 0 Å². The molecule has 1 aromatic rings. The van der Waals surface area contributed by atoms with Gasteiger partial charge in [-0.05, 0) is 38.2 Å². The maximum absolute atomic E-state index is 5.85. The number of hydrogen-bond donors (Lipinski definition) is 0. The number of rotatable bonds is 3. The van der Waals surface area contributed by atoms with E-state index in [4.69, 9.17) is 4.74 Å². The second-order valence-electron chi connectivity index (χ2n) is 4.77. The number of benzene rings is 1. The Morgan fingerprint density at radius 3 is 2.75 bits per heavy atom. The standard InChI is InChI=1S/C15H20O/c1-15(11-5-6-13-16-15)12-7-10-14-8-3-2-4-9-14/h2-4,7-10H,5-6,11-13H2,1H3/b10-7+. The van der Waals surface area contributed by atoms with Crippen LogP contribution >= 0.6 is 0 Å². The highest BCUT2D eigenvalue weighted by Gasteiger charge is 2.25. The minimum absolute atomic E-state index is 0.0729. The predicted octanol–water partition coefficient (Wildman–Crippen LogP) is 4.05. The maximum atomic E-state index is 5.85. The molecule has 1 heterocycles. The molecule has 1 saturated heterocycles. The van der Waals surface area contributed by atoms with Crippen LogP contribution in [0.2, 0.25) is 0 Å². The molecule has 1 atom stereocenters. The zero-order valence-electron chi connectivity index (χ0n) is 9.99. The zero-order valence-corrected chi connectivity index (χ0v) is 9.99. The summed E-state index contributed by atoms with van der Waals surface area (Å²) in [6.45, 7) is 3.15. The van der Waals surface area contributed by atoms with E-state index in [2.05, 4.69) is 43.3 Å². The quantitative estimate of drug-likeness (QED) is 0.740. The summed E-state index contributed by atoms with van der Waals surface area (Å²) in [6, 6.07) is 10.4. The lowest BCUT2D eigenvalue weighted by molar-refractivity contribution is -0.0623. The van der Waals surface area contributed by atoms with Crippen LogP contribution in [0.3, 0.4) is 0 Å². The molecule has 1 unspecified atom stereocenters. The molecule has 0 N–H and O–H groups in total. The van der Waals surface area contributed by atoms with Crippen LogP contribution in [0.25, 0.3) is 6.08 Å². The van der Waals surface area contributed by atoms with Gasteiger partial charge in [-0.3, -0.25) is 0 Å². The van der Waals surface area contributed by atoms with Gasteiger partial charge in [-0.25, -0.2) is 0 Å². The third-order valence-electron chi connectivity index (χ3n) is 3.21. The first-order chi connectivity index (χ1) is 7.79. The molecule has 2 rings (SSSR count). The molecule has 16 heavy (non-hydrogen) atoms. The highest BCUT2D eigenvalue weighted by atomic mass is 16.5. The summed E-state index contributed by atoms with van der Waals surface area (Å²) >= 11 is 0. The summed E-state index contributed by atoms with van der Waals surface area (Å²) < 4.78 is 5.85. The molecule has 1 fully saturated rings. The Kier molecular flexibility index (Phi) is 3.79. The van der Waals surface area contributed by atoms with Gasteiger partial charge in [0.1, 0.15) is 0 Å². The van der Waals surface area contributed by atoms with E-state index in [9.17, 15) is 0 Å². The van der Waals surface area contributed by atoms with E-state index in [-0.39, 0.29) is 5.60 Å². The Balaban J connectivity index is 1.89. The van der Waals surface area contributed by atoms with E-state index in [1.165, 1.54) is 24.8 Å². The van der Waals surface area contributed by atoms with E-state index >= 15 is 0 Å². The monoisotopic (exact) mass is 216 g/mol. The van der Waals surface area contributed by atoms with Crippen LogP contribution in [-0.4, -0.2) is 12.2 Å². The van der Waals surface area contributed by atoms with Crippen LogP contribution in [0.1, 0.15) is 38.2 Å². The topological polar surface area (TPSA) is 9.23 Å². The van der Waals surface area contributed by atoms with Gasteiger partial charge in [0, 0.05) is 6.61 Å². The first-order valence-corrected chi connectivity index (χ1v) is 6.14. The van der Waals surface area contributed by atoms with Crippen LogP contribution in [0.4, 0.5) is 0 Å². The molecular formula is C15H20O. The van der Waals surface area contributed by atoms with Crippen molar-refractivity contribution >= 4 is 6.08 Å². The van der Waals surface area contributed by atoms with Crippen molar-refractivity contribution in [1.29, 1.82) is 0 Å². The van der Waals surface area contributed by atoms with Gasteiger partial charge in [-0.2, -0.15) is 0 Å². The first-order valence-electron chi connectivity index (χ1n) is 6.14. The second-order valence-corrected chi connectivity index (χ2v) is 4.77. The van der Waals surface area contributed by atoms with Gasteiger partial charge in [-0.15, -0.1) is 0 Å². The van der Waals surface area contributed by atoms with Crippen molar-refractivity contribution in [2.24, 2.45) is 0 Å². The lowest BCUT2D eigenvalue weighted by Crippen LogP contribution is -2.31. The lowest BCUT2D eigenvalue weighted by atomic mass is 9.92. The highest BCUT2D eigenvalue weighted by molar-refractivity contribution is 5.48. The van der Waals surface area contributed by atoms with Crippen molar-refractivity contribution in [1.82, 2.24) is 0 Å². The number of ether oxygens (including phenoxy) is 1. The smallest absolute Gasteiger partial charge is 0.0688 e. The summed E-state index contributed by atoms with van der Waals surface area (Å²) in [6.07, 6.45) is 9.14. The molecule has 0 spiro atoms. The van der Waals surface area contributed by atoms with Gasteiger partial charge in [0.2, 0.25) is 0 Å². The average molecular weight is 216 g/mol. The van der Waals surface area contributed by atoms with Crippen molar-refractivity contribution in [3.8, 4) is 0 Å². The van der Waals surface area contributed by atoms with Crippen molar-refractivity contribution < 1.29 is 4.74 Å². The highest BCUT2D eigenvalue weighted by Crippen LogP contribution is 2.28. The van der Waals surface area contributed by atoms with Crippen molar-refractivity contribution in [2.45, 2.75) is 38.2 Å². The van der Waals surface area contributed by atoms with Gasteiger partial charge in [0.05, 0.1) is 5.60 Å². The molecule has 1 heteroatoms. The Bertz CT molecular complexity index is 334.